The fraction of sp³-hybridized carbons (Fsp3) is 0.625. The molecule has 3 aliphatic heterocycles. The highest BCUT2D eigenvalue weighted by Gasteiger charge is 2.42. The lowest BCUT2D eigenvalue weighted by atomic mass is 9.89. The van der Waals surface area contributed by atoms with E-state index in [9.17, 15) is 14.4 Å². The molecule has 7 nitrogen and oxygen atoms in total. The average molecular weight is 461 g/mol. The molecule has 5 rings (SSSR count). The van der Waals surface area contributed by atoms with Crippen molar-refractivity contribution in [2.24, 2.45) is 5.92 Å². The normalized spacial score (nSPS) is 24.9. The number of benzene rings is 1. The zero-order valence-electron chi connectivity index (χ0n) is 18.7. The molecule has 1 unspecified atom stereocenters. The molecule has 2 saturated heterocycles. The molecule has 1 atom stereocenters. The van der Waals surface area contributed by atoms with Gasteiger partial charge in [-0.15, -0.1) is 0 Å². The molecule has 4 aliphatic rings. The Hall–Kier alpha value is -2.55. The quantitative estimate of drug-likeness (QED) is 0.699. The largest absolute Gasteiger partial charge is 0.364 e. The van der Waals surface area contributed by atoms with E-state index in [-0.39, 0.29) is 42.1 Å². The molecule has 33 heavy (non-hydrogen) atoms. The molecule has 1 aliphatic carbocycles. The molecule has 1 saturated carbocycles. The second-order valence-corrected chi connectivity index (χ2v) is 9.74. The Bertz CT molecular complexity index is 971. The number of piperazine rings is 1. The van der Waals surface area contributed by atoms with Gasteiger partial charge in [0.15, 0.2) is 5.82 Å². The molecule has 0 aromatic heterocycles. The number of hydrogen-bond acceptors (Lipinski definition) is 5. The Morgan fingerprint density at radius 3 is 2.39 bits per heavy atom. The van der Waals surface area contributed by atoms with Crippen LogP contribution in [0.4, 0.5) is 14.5 Å². The van der Waals surface area contributed by atoms with Gasteiger partial charge in [0.25, 0.3) is 5.91 Å². The van der Waals surface area contributed by atoms with Crippen LogP contribution in [0.1, 0.15) is 60.9 Å². The number of rotatable bonds is 4. The third kappa shape index (κ3) is 4.23. The summed E-state index contributed by atoms with van der Waals surface area (Å²) in [5, 5.41) is 2.22. The predicted molar refractivity (Wildman–Crippen MR) is 118 cm³/mol. The highest BCUT2D eigenvalue weighted by Crippen LogP contribution is 2.36. The van der Waals surface area contributed by atoms with E-state index in [4.69, 9.17) is 0 Å². The van der Waals surface area contributed by atoms with E-state index in [0.29, 0.717) is 13.1 Å². The first kappa shape index (κ1) is 22.3. The third-order valence-corrected chi connectivity index (χ3v) is 7.63. The second-order valence-electron chi connectivity index (χ2n) is 9.74. The number of nitrogens with zero attached hydrogens (tertiary/aromatic N) is 3. The second kappa shape index (κ2) is 9.00. The van der Waals surface area contributed by atoms with Gasteiger partial charge in [0, 0.05) is 44.7 Å². The van der Waals surface area contributed by atoms with Gasteiger partial charge in [-0.1, -0.05) is 19.3 Å². The van der Waals surface area contributed by atoms with E-state index in [1.54, 1.807) is 4.90 Å². The summed E-state index contributed by atoms with van der Waals surface area (Å²) < 4.78 is 30.6. The maximum absolute atomic E-state index is 15.5. The molecule has 1 aromatic carbocycles. The van der Waals surface area contributed by atoms with E-state index in [0.717, 1.165) is 31.6 Å². The molecular weight excluding hydrogens is 430 g/mol. The lowest BCUT2D eigenvalue weighted by molar-refractivity contribution is -0.136. The van der Waals surface area contributed by atoms with Crippen molar-refractivity contribution < 1.29 is 23.2 Å². The average Bonchev–Trinajstić information content (AvgIpc) is 3.12. The summed E-state index contributed by atoms with van der Waals surface area (Å²) in [4.78, 5) is 41.9. The summed E-state index contributed by atoms with van der Waals surface area (Å²) in [6.45, 7) is 3.54. The third-order valence-electron chi connectivity index (χ3n) is 7.63. The Labute approximate surface area is 192 Å². The number of nitrogens with one attached hydrogen (secondary N) is 1. The topological polar surface area (TPSA) is 73.0 Å². The number of piperidine rings is 1. The number of carbonyl (C=O) groups excluding carboxylic acids is 3. The maximum atomic E-state index is 15.5. The molecule has 9 heteroatoms. The van der Waals surface area contributed by atoms with E-state index >= 15 is 8.78 Å². The van der Waals surface area contributed by atoms with Crippen LogP contribution >= 0.6 is 0 Å². The van der Waals surface area contributed by atoms with Gasteiger partial charge in [-0.25, -0.2) is 8.78 Å². The molecule has 178 valence electrons. The molecule has 1 N–H and O–H groups in total. The number of halogens is 2. The Morgan fingerprint density at radius 1 is 0.970 bits per heavy atom. The summed E-state index contributed by atoms with van der Waals surface area (Å²) in [7, 11) is 0. The van der Waals surface area contributed by atoms with Crippen molar-refractivity contribution in [2.45, 2.75) is 57.5 Å². The molecule has 3 heterocycles. The highest BCUT2D eigenvalue weighted by atomic mass is 19.1. The molecule has 1 aromatic rings. The van der Waals surface area contributed by atoms with Gasteiger partial charge in [-0.3, -0.25) is 24.6 Å². The SMILES string of the molecule is O=C1CCC(N2Cc3c(cc(F)c(N4CCN(CC5CCCCC5)CC4)c3F)C2=O)C(=O)N1. The standard InChI is InChI=1S/C24H30F2N4O3/c25-18-12-16-17(14-30(24(16)33)19-6-7-20(31)27-23(19)32)21(26)22(18)29-10-8-28(9-11-29)13-15-4-2-1-3-5-15/h12,15,19H,1-11,13-14H2,(H,27,31,32). The van der Waals surface area contributed by atoms with E-state index in [2.05, 4.69) is 10.2 Å². The summed E-state index contributed by atoms with van der Waals surface area (Å²) in [6, 6.07) is 0.257. The van der Waals surface area contributed by atoms with Gasteiger partial charge in [-0.2, -0.15) is 0 Å². The molecule has 3 amide bonds. The first-order valence-electron chi connectivity index (χ1n) is 12.0. The Balaban J connectivity index is 1.29. The molecule has 3 fully saturated rings. The first-order valence-corrected chi connectivity index (χ1v) is 12.0. The minimum absolute atomic E-state index is 0.0330. The summed E-state index contributed by atoms with van der Waals surface area (Å²) in [5.74, 6) is -2.26. The van der Waals surface area contributed by atoms with E-state index in [1.807, 2.05) is 0 Å². The van der Waals surface area contributed by atoms with Crippen LogP contribution in [-0.4, -0.2) is 66.3 Å². The van der Waals surface area contributed by atoms with Gasteiger partial charge in [0.2, 0.25) is 11.8 Å². The van der Waals surface area contributed by atoms with Crippen molar-refractivity contribution in [3.8, 4) is 0 Å². The fourth-order valence-electron chi connectivity index (χ4n) is 5.80. The van der Waals surface area contributed by atoms with Gasteiger partial charge < -0.3 is 9.80 Å². The lowest BCUT2D eigenvalue weighted by Crippen LogP contribution is -2.52. The van der Waals surface area contributed by atoms with E-state index in [1.165, 1.54) is 37.0 Å². The summed E-state index contributed by atoms with van der Waals surface area (Å²) in [6.07, 6.45) is 6.76. The van der Waals surface area contributed by atoms with Crippen molar-refractivity contribution in [3.63, 3.8) is 0 Å². The number of anilines is 1. The van der Waals surface area contributed by atoms with Crippen LogP contribution in [0.15, 0.2) is 6.07 Å². The smallest absolute Gasteiger partial charge is 0.255 e. The minimum Gasteiger partial charge on any atom is -0.364 e. The Morgan fingerprint density at radius 2 is 1.70 bits per heavy atom. The van der Waals surface area contributed by atoms with Crippen LogP contribution in [-0.2, 0) is 16.1 Å². The van der Waals surface area contributed by atoms with Crippen molar-refractivity contribution >= 4 is 23.4 Å². The molecule has 0 radical (unpaired) electrons. The lowest BCUT2D eigenvalue weighted by Gasteiger charge is -2.38. The Kier molecular flexibility index (Phi) is 6.07. The van der Waals surface area contributed by atoms with E-state index < -0.39 is 29.5 Å². The van der Waals surface area contributed by atoms with Crippen LogP contribution < -0.4 is 10.2 Å². The minimum atomic E-state index is -0.850. The van der Waals surface area contributed by atoms with Gasteiger partial charge in [0.05, 0.1) is 12.1 Å². The van der Waals surface area contributed by atoms with Crippen molar-refractivity contribution in [1.82, 2.24) is 15.1 Å². The highest BCUT2D eigenvalue weighted by molar-refractivity contribution is 6.05. The van der Waals surface area contributed by atoms with Crippen molar-refractivity contribution in [2.75, 3.05) is 37.6 Å². The van der Waals surface area contributed by atoms with Gasteiger partial charge in [-0.05, 0) is 31.2 Å². The molecule has 0 bridgehead atoms. The number of imide groups is 1. The van der Waals surface area contributed by atoms with Crippen molar-refractivity contribution in [1.29, 1.82) is 0 Å². The monoisotopic (exact) mass is 460 g/mol. The first-order chi connectivity index (χ1) is 15.9. The van der Waals surface area contributed by atoms with Crippen LogP contribution in [0.2, 0.25) is 0 Å². The predicted octanol–water partition coefficient (Wildman–Crippen LogP) is 2.43. The molecular formula is C24H30F2N4O3. The zero-order chi connectivity index (χ0) is 23.1. The van der Waals surface area contributed by atoms with Crippen molar-refractivity contribution in [3.05, 3.63) is 28.8 Å². The summed E-state index contributed by atoms with van der Waals surface area (Å²) in [5.41, 5.74) is 0.0177. The molecule has 0 spiro atoms. The maximum Gasteiger partial charge on any atom is 0.255 e. The number of hydrogen-bond donors (Lipinski definition) is 1. The van der Waals surface area contributed by atoms with Crippen LogP contribution in [0, 0.1) is 17.6 Å². The number of fused-ring (bicyclic) bond motifs is 1. The van der Waals surface area contributed by atoms with Gasteiger partial charge in [0.1, 0.15) is 17.5 Å². The summed E-state index contributed by atoms with van der Waals surface area (Å²) >= 11 is 0. The van der Waals surface area contributed by atoms with Gasteiger partial charge >= 0.3 is 0 Å². The van der Waals surface area contributed by atoms with Crippen LogP contribution in [0.3, 0.4) is 0 Å². The van der Waals surface area contributed by atoms with Crippen LogP contribution in [0.5, 0.6) is 0 Å². The van der Waals surface area contributed by atoms with Crippen LogP contribution in [0.25, 0.3) is 0 Å². The number of carbonyl (C=O) groups is 3. The fourth-order valence-corrected chi connectivity index (χ4v) is 5.80. The number of amides is 3. The zero-order valence-corrected chi connectivity index (χ0v) is 18.7.